The monoisotopic (exact) mass is 222 g/mol. The third kappa shape index (κ3) is 2.31. The lowest BCUT2D eigenvalue weighted by molar-refractivity contribution is 0.0626. The van der Waals surface area contributed by atoms with Crippen LogP contribution in [0.25, 0.3) is 0 Å². The second kappa shape index (κ2) is 4.76. The van der Waals surface area contributed by atoms with Crippen molar-refractivity contribution in [2.45, 2.75) is 25.3 Å². The summed E-state index contributed by atoms with van der Waals surface area (Å²) in [4.78, 5) is 8.51. The molecule has 1 aliphatic heterocycles. The van der Waals surface area contributed by atoms with Crippen LogP contribution in [-0.2, 0) is 4.74 Å². The van der Waals surface area contributed by atoms with Crippen LogP contribution in [0, 0.1) is 6.92 Å². The minimum Gasteiger partial charge on any atom is -0.381 e. The van der Waals surface area contributed by atoms with Crippen molar-refractivity contribution in [1.82, 2.24) is 9.97 Å². The molecule has 0 unspecified atom stereocenters. The van der Waals surface area contributed by atoms with E-state index < -0.39 is 0 Å². The Morgan fingerprint density at radius 2 is 2.06 bits per heavy atom. The van der Waals surface area contributed by atoms with Gasteiger partial charge in [0.15, 0.2) is 0 Å². The second-order valence-electron chi connectivity index (χ2n) is 4.21. The highest BCUT2D eigenvalue weighted by Crippen LogP contribution is 2.24. The van der Waals surface area contributed by atoms with E-state index in [2.05, 4.69) is 15.3 Å². The van der Waals surface area contributed by atoms with Crippen LogP contribution in [0.5, 0.6) is 0 Å². The summed E-state index contributed by atoms with van der Waals surface area (Å²) in [6.07, 6.45) is 5.22. The Kier molecular flexibility index (Phi) is 3.36. The lowest BCUT2D eigenvalue weighted by atomic mass is 9.90. The summed E-state index contributed by atoms with van der Waals surface area (Å²) in [6, 6.07) is 0. The lowest BCUT2D eigenvalue weighted by Crippen LogP contribution is -2.50. The van der Waals surface area contributed by atoms with Crippen LogP contribution in [0.3, 0.4) is 0 Å². The SMILES string of the molecule is Cc1nccnc1NC1(CN)CCOCC1. The highest BCUT2D eigenvalue weighted by atomic mass is 16.5. The Morgan fingerprint density at radius 1 is 1.38 bits per heavy atom. The van der Waals surface area contributed by atoms with Gasteiger partial charge in [0.25, 0.3) is 0 Å². The molecule has 0 bridgehead atoms. The van der Waals surface area contributed by atoms with E-state index in [9.17, 15) is 0 Å². The third-order valence-electron chi connectivity index (χ3n) is 3.11. The summed E-state index contributed by atoms with van der Waals surface area (Å²) in [7, 11) is 0. The first kappa shape index (κ1) is 11.3. The third-order valence-corrected chi connectivity index (χ3v) is 3.11. The fourth-order valence-electron chi connectivity index (χ4n) is 1.92. The van der Waals surface area contributed by atoms with Gasteiger partial charge in [-0.3, -0.25) is 4.98 Å². The van der Waals surface area contributed by atoms with Crippen LogP contribution in [-0.4, -0.2) is 35.3 Å². The van der Waals surface area contributed by atoms with E-state index in [0.29, 0.717) is 6.54 Å². The Morgan fingerprint density at radius 3 is 2.69 bits per heavy atom. The topological polar surface area (TPSA) is 73.1 Å². The van der Waals surface area contributed by atoms with Gasteiger partial charge >= 0.3 is 0 Å². The van der Waals surface area contributed by atoms with Gasteiger partial charge in [0.1, 0.15) is 5.82 Å². The number of aromatic nitrogens is 2. The van der Waals surface area contributed by atoms with E-state index in [4.69, 9.17) is 10.5 Å². The maximum Gasteiger partial charge on any atom is 0.147 e. The standard InChI is InChI=1S/C11H18N4O/c1-9-10(14-5-4-13-9)15-11(8-12)2-6-16-7-3-11/h4-5H,2-3,6-8,12H2,1H3,(H,14,15). The van der Waals surface area contributed by atoms with E-state index in [1.807, 2.05) is 6.92 Å². The molecule has 0 atom stereocenters. The van der Waals surface area contributed by atoms with Gasteiger partial charge in [-0.25, -0.2) is 4.98 Å². The molecule has 0 spiro atoms. The predicted molar refractivity (Wildman–Crippen MR) is 62.2 cm³/mol. The number of rotatable bonds is 3. The maximum absolute atomic E-state index is 5.87. The maximum atomic E-state index is 5.87. The number of nitrogens with two attached hydrogens (primary N) is 1. The van der Waals surface area contributed by atoms with Crippen molar-refractivity contribution in [3.05, 3.63) is 18.1 Å². The molecule has 0 radical (unpaired) electrons. The number of hydrogen-bond acceptors (Lipinski definition) is 5. The number of ether oxygens (including phenoxy) is 1. The van der Waals surface area contributed by atoms with E-state index >= 15 is 0 Å². The zero-order valence-corrected chi connectivity index (χ0v) is 9.57. The predicted octanol–water partition coefficient (Wildman–Crippen LogP) is 0.705. The summed E-state index contributed by atoms with van der Waals surface area (Å²) in [5, 5.41) is 3.43. The molecule has 2 heterocycles. The van der Waals surface area contributed by atoms with Gasteiger partial charge in [-0.2, -0.15) is 0 Å². The minimum atomic E-state index is -0.0843. The van der Waals surface area contributed by atoms with Gasteiger partial charge in [0, 0.05) is 32.2 Å². The largest absolute Gasteiger partial charge is 0.381 e. The fraction of sp³-hybridized carbons (Fsp3) is 0.636. The van der Waals surface area contributed by atoms with Crippen LogP contribution >= 0.6 is 0 Å². The average molecular weight is 222 g/mol. The Hall–Kier alpha value is -1.20. The first-order chi connectivity index (χ1) is 7.76. The van der Waals surface area contributed by atoms with Crippen LogP contribution < -0.4 is 11.1 Å². The normalized spacial score (nSPS) is 19.4. The van der Waals surface area contributed by atoms with Crippen LogP contribution in [0.1, 0.15) is 18.5 Å². The number of anilines is 1. The molecule has 0 saturated carbocycles. The van der Waals surface area contributed by atoms with Crippen molar-refractivity contribution in [1.29, 1.82) is 0 Å². The van der Waals surface area contributed by atoms with Crippen LogP contribution in [0.15, 0.2) is 12.4 Å². The molecule has 2 rings (SSSR count). The fourth-order valence-corrected chi connectivity index (χ4v) is 1.92. The summed E-state index contributed by atoms with van der Waals surface area (Å²) in [5.74, 6) is 0.829. The van der Waals surface area contributed by atoms with Crippen molar-refractivity contribution in [2.24, 2.45) is 5.73 Å². The van der Waals surface area contributed by atoms with E-state index in [1.54, 1.807) is 12.4 Å². The molecule has 3 N–H and O–H groups in total. The summed E-state index contributed by atoms with van der Waals surface area (Å²) >= 11 is 0. The molecule has 1 aromatic rings. The molecule has 16 heavy (non-hydrogen) atoms. The quantitative estimate of drug-likeness (QED) is 0.787. The van der Waals surface area contributed by atoms with E-state index in [0.717, 1.165) is 37.6 Å². The average Bonchev–Trinajstić information content (AvgIpc) is 2.33. The number of nitrogens with zero attached hydrogens (tertiary/aromatic N) is 2. The van der Waals surface area contributed by atoms with Crippen LogP contribution in [0.2, 0.25) is 0 Å². The molecule has 88 valence electrons. The van der Waals surface area contributed by atoms with Crippen molar-refractivity contribution < 1.29 is 4.74 Å². The van der Waals surface area contributed by atoms with Crippen molar-refractivity contribution >= 4 is 5.82 Å². The van der Waals surface area contributed by atoms with Gasteiger partial charge in [-0.15, -0.1) is 0 Å². The molecular formula is C11H18N4O. The smallest absolute Gasteiger partial charge is 0.147 e. The number of hydrogen-bond donors (Lipinski definition) is 2. The van der Waals surface area contributed by atoms with Crippen molar-refractivity contribution in [2.75, 3.05) is 25.1 Å². The molecule has 5 nitrogen and oxygen atoms in total. The first-order valence-corrected chi connectivity index (χ1v) is 5.59. The first-order valence-electron chi connectivity index (χ1n) is 5.59. The van der Waals surface area contributed by atoms with Gasteiger partial charge in [-0.05, 0) is 19.8 Å². The molecule has 1 aliphatic rings. The Labute approximate surface area is 95.4 Å². The second-order valence-corrected chi connectivity index (χ2v) is 4.21. The lowest BCUT2D eigenvalue weighted by Gasteiger charge is -2.37. The minimum absolute atomic E-state index is 0.0843. The number of nitrogens with one attached hydrogen (secondary N) is 1. The highest BCUT2D eigenvalue weighted by Gasteiger charge is 2.31. The molecule has 0 aromatic carbocycles. The molecule has 1 aromatic heterocycles. The Bertz CT molecular complexity index is 350. The van der Waals surface area contributed by atoms with Crippen molar-refractivity contribution in [3.63, 3.8) is 0 Å². The van der Waals surface area contributed by atoms with Gasteiger partial charge in [0.05, 0.1) is 11.2 Å². The summed E-state index contributed by atoms with van der Waals surface area (Å²) in [6.45, 7) is 4.04. The summed E-state index contributed by atoms with van der Waals surface area (Å²) < 4.78 is 5.36. The van der Waals surface area contributed by atoms with E-state index in [-0.39, 0.29) is 5.54 Å². The molecule has 1 saturated heterocycles. The summed E-state index contributed by atoms with van der Waals surface area (Å²) in [5.41, 5.74) is 6.69. The van der Waals surface area contributed by atoms with Crippen molar-refractivity contribution in [3.8, 4) is 0 Å². The Balaban J connectivity index is 2.15. The molecule has 0 amide bonds. The molecule has 1 fully saturated rings. The highest BCUT2D eigenvalue weighted by molar-refractivity contribution is 5.41. The zero-order valence-electron chi connectivity index (χ0n) is 9.57. The molecular weight excluding hydrogens is 204 g/mol. The molecule has 5 heteroatoms. The zero-order chi connectivity index (χ0) is 11.4. The van der Waals surface area contributed by atoms with Gasteiger partial charge in [0.2, 0.25) is 0 Å². The van der Waals surface area contributed by atoms with Crippen LogP contribution in [0.4, 0.5) is 5.82 Å². The number of aryl methyl sites for hydroxylation is 1. The molecule has 0 aliphatic carbocycles. The van der Waals surface area contributed by atoms with Gasteiger partial charge in [-0.1, -0.05) is 0 Å². The van der Waals surface area contributed by atoms with E-state index in [1.165, 1.54) is 0 Å². The van der Waals surface area contributed by atoms with Gasteiger partial charge < -0.3 is 15.8 Å².